The van der Waals surface area contributed by atoms with E-state index in [9.17, 15) is 0 Å². The molecule has 23 heavy (non-hydrogen) atoms. The van der Waals surface area contributed by atoms with Crippen molar-refractivity contribution in [1.29, 1.82) is 0 Å². The average molecular weight is 357 g/mol. The maximum atomic E-state index is 5.99. The molecule has 0 spiro atoms. The highest BCUT2D eigenvalue weighted by atomic mass is 35.5. The van der Waals surface area contributed by atoms with Crippen LogP contribution in [0.2, 0.25) is 0 Å². The second kappa shape index (κ2) is 9.68. The highest BCUT2D eigenvalue weighted by Crippen LogP contribution is 2.40. The molecule has 2 aliphatic carbocycles. The Balaban J connectivity index is 0.00000132. The Bertz CT molecular complexity index is 481. The van der Waals surface area contributed by atoms with Crippen molar-refractivity contribution in [2.24, 2.45) is 11.7 Å². The van der Waals surface area contributed by atoms with Crippen LogP contribution in [0.1, 0.15) is 51.0 Å². The average Bonchev–Trinajstić information content (AvgIpc) is 3.27. The van der Waals surface area contributed by atoms with Gasteiger partial charge in [0.05, 0.1) is 0 Å². The fraction of sp³-hybridized carbons (Fsp3) is 0.579. The van der Waals surface area contributed by atoms with Crippen LogP contribution in [-0.2, 0) is 0 Å². The molecule has 1 aromatic rings. The molecule has 3 rings (SSSR count). The molecule has 2 nitrogen and oxygen atoms in total. The lowest BCUT2D eigenvalue weighted by atomic mass is 9.91. The van der Waals surface area contributed by atoms with Gasteiger partial charge in [-0.3, -0.25) is 0 Å². The lowest BCUT2D eigenvalue weighted by Gasteiger charge is -2.27. The number of nitrogens with two attached hydrogens (primary N) is 1. The molecule has 0 amide bonds. The highest BCUT2D eigenvalue weighted by Gasteiger charge is 2.40. The highest BCUT2D eigenvalue weighted by molar-refractivity contribution is 5.85. The van der Waals surface area contributed by atoms with Crippen molar-refractivity contribution in [3.8, 4) is 0 Å². The summed E-state index contributed by atoms with van der Waals surface area (Å²) in [5.74, 6) is 0.755. The summed E-state index contributed by atoms with van der Waals surface area (Å²) >= 11 is 0. The van der Waals surface area contributed by atoms with Gasteiger partial charge in [0.1, 0.15) is 0 Å². The Labute approximate surface area is 153 Å². The third-order valence-electron chi connectivity index (χ3n) is 5.05. The second-order valence-electron chi connectivity index (χ2n) is 6.71. The standard InChI is InChI=1S/C19H28N2.2ClH/c1-2-15(12-14-6-4-3-5-7-14)18-13-19(18)21-17-10-8-16(20)9-11-17;;/h3-7,12,16-19,21H,2,8-11,13,20H2,1H3;2*1H/b15-12+;;/t16-,17-,18?,19?;;. The molecule has 2 saturated carbocycles. The summed E-state index contributed by atoms with van der Waals surface area (Å²) in [7, 11) is 0. The van der Waals surface area contributed by atoms with E-state index in [0.29, 0.717) is 18.1 Å². The first-order valence-electron chi connectivity index (χ1n) is 8.53. The van der Waals surface area contributed by atoms with Crippen LogP contribution >= 0.6 is 24.8 Å². The molecular formula is C19H30Cl2N2. The zero-order chi connectivity index (χ0) is 14.7. The van der Waals surface area contributed by atoms with Gasteiger partial charge in [-0.05, 0) is 50.0 Å². The predicted molar refractivity (Wildman–Crippen MR) is 104 cm³/mol. The van der Waals surface area contributed by atoms with Crippen LogP contribution in [0.15, 0.2) is 35.9 Å². The molecule has 0 radical (unpaired) electrons. The fourth-order valence-corrected chi connectivity index (χ4v) is 3.61. The topological polar surface area (TPSA) is 38.0 Å². The van der Waals surface area contributed by atoms with Gasteiger partial charge in [-0.2, -0.15) is 0 Å². The Kier molecular flexibility index (Phi) is 8.63. The van der Waals surface area contributed by atoms with Gasteiger partial charge in [0.2, 0.25) is 0 Å². The van der Waals surface area contributed by atoms with Crippen LogP contribution in [0.25, 0.3) is 6.08 Å². The molecule has 0 saturated heterocycles. The summed E-state index contributed by atoms with van der Waals surface area (Å²) in [6.07, 6.45) is 9.76. The molecule has 2 fully saturated rings. The van der Waals surface area contributed by atoms with Crippen molar-refractivity contribution in [1.82, 2.24) is 5.32 Å². The summed E-state index contributed by atoms with van der Waals surface area (Å²) < 4.78 is 0. The van der Waals surface area contributed by atoms with Crippen LogP contribution in [0.3, 0.4) is 0 Å². The molecule has 1 aromatic carbocycles. The van der Waals surface area contributed by atoms with E-state index < -0.39 is 0 Å². The van der Waals surface area contributed by atoms with Crippen molar-refractivity contribution in [3.05, 3.63) is 41.5 Å². The van der Waals surface area contributed by atoms with E-state index in [1.54, 1.807) is 5.57 Å². The molecule has 0 aliphatic heterocycles. The zero-order valence-electron chi connectivity index (χ0n) is 13.9. The molecule has 0 aromatic heterocycles. The van der Waals surface area contributed by atoms with Gasteiger partial charge >= 0.3 is 0 Å². The lowest BCUT2D eigenvalue weighted by molar-refractivity contribution is 0.338. The normalized spacial score (nSPS) is 30.1. The molecule has 0 heterocycles. The summed E-state index contributed by atoms with van der Waals surface area (Å²) in [4.78, 5) is 0. The number of benzene rings is 1. The van der Waals surface area contributed by atoms with Gasteiger partial charge < -0.3 is 11.1 Å². The largest absolute Gasteiger partial charge is 0.328 e. The molecule has 3 N–H and O–H groups in total. The first kappa shape index (κ1) is 20.5. The van der Waals surface area contributed by atoms with Gasteiger partial charge in [-0.15, -0.1) is 24.8 Å². The van der Waals surface area contributed by atoms with Crippen molar-refractivity contribution >= 4 is 30.9 Å². The predicted octanol–water partition coefficient (Wildman–Crippen LogP) is 4.57. The van der Waals surface area contributed by atoms with Gasteiger partial charge in [-0.25, -0.2) is 0 Å². The third kappa shape index (κ3) is 5.79. The fourth-order valence-electron chi connectivity index (χ4n) is 3.61. The molecule has 2 atom stereocenters. The van der Waals surface area contributed by atoms with E-state index in [1.165, 1.54) is 37.7 Å². The minimum absolute atomic E-state index is 0. The van der Waals surface area contributed by atoms with Gasteiger partial charge in [0.15, 0.2) is 0 Å². The molecule has 0 bridgehead atoms. The van der Waals surface area contributed by atoms with Crippen molar-refractivity contribution in [2.45, 2.75) is 63.6 Å². The maximum Gasteiger partial charge on any atom is 0.0142 e. The van der Waals surface area contributed by atoms with Crippen LogP contribution in [0, 0.1) is 5.92 Å². The summed E-state index contributed by atoms with van der Waals surface area (Å²) in [6.45, 7) is 2.28. The quantitative estimate of drug-likeness (QED) is 0.810. The van der Waals surface area contributed by atoms with Gasteiger partial charge in [-0.1, -0.05) is 48.9 Å². The molecule has 2 unspecified atom stereocenters. The Hall–Kier alpha value is -0.540. The number of halogens is 2. The van der Waals surface area contributed by atoms with E-state index in [0.717, 1.165) is 12.3 Å². The van der Waals surface area contributed by atoms with Crippen LogP contribution < -0.4 is 11.1 Å². The molecular weight excluding hydrogens is 327 g/mol. The Morgan fingerprint density at radius 3 is 2.39 bits per heavy atom. The molecule has 130 valence electrons. The SMILES string of the molecule is CC/C(=C\c1ccccc1)C1CC1N[C@H]1CC[C@H](N)CC1.Cl.Cl. The van der Waals surface area contributed by atoms with E-state index in [-0.39, 0.29) is 24.8 Å². The van der Waals surface area contributed by atoms with Gasteiger partial charge in [0.25, 0.3) is 0 Å². The third-order valence-corrected chi connectivity index (χ3v) is 5.05. The summed E-state index contributed by atoms with van der Waals surface area (Å²) in [5.41, 5.74) is 8.93. The summed E-state index contributed by atoms with van der Waals surface area (Å²) in [6, 6.07) is 12.6. The lowest BCUT2D eigenvalue weighted by Crippen LogP contribution is -2.38. The number of hydrogen-bond donors (Lipinski definition) is 2. The molecule has 4 heteroatoms. The van der Waals surface area contributed by atoms with E-state index >= 15 is 0 Å². The van der Waals surface area contributed by atoms with E-state index in [4.69, 9.17) is 5.73 Å². The van der Waals surface area contributed by atoms with Crippen molar-refractivity contribution in [3.63, 3.8) is 0 Å². The number of hydrogen-bond acceptors (Lipinski definition) is 2. The first-order valence-corrected chi connectivity index (χ1v) is 8.53. The Morgan fingerprint density at radius 1 is 1.13 bits per heavy atom. The number of rotatable bonds is 5. The minimum atomic E-state index is 0. The van der Waals surface area contributed by atoms with Gasteiger partial charge in [0, 0.05) is 18.1 Å². The smallest absolute Gasteiger partial charge is 0.0142 e. The maximum absolute atomic E-state index is 5.99. The van der Waals surface area contributed by atoms with Crippen LogP contribution in [0.4, 0.5) is 0 Å². The Morgan fingerprint density at radius 2 is 1.78 bits per heavy atom. The van der Waals surface area contributed by atoms with E-state index in [2.05, 4.69) is 48.6 Å². The van der Waals surface area contributed by atoms with Crippen molar-refractivity contribution in [2.75, 3.05) is 0 Å². The molecule has 2 aliphatic rings. The summed E-state index contributed by atoms with van der Waals surface area (Å²) in [5, 5.41) is 3.87. The minimum Gasteiger partial charge on any atom is -0.328 e. The monoisotopic (exact) mass is 356 g/mol. The number of nitrogens with one attached hydrogen (secondary N) is 1. The van der Waals surface area contributed by atoms with Crippen LogP contribution in [-0.4, -0.2) is 18.1 Å². The first-order chi connectivity index (χ1) is 10.3. The van der Waals surface area contributed by atoms with Crippen molar-refractivity contribution < 1.29 is 0 Å². The zero-order valence-corrected chi connectivity index (χ0v) is 15.5. The van der Waals surface area contributed by atoms with Crippen LogP contribution in [0.5, 0.6) is 0 Å². The second-order valence-corrected chi connectivity index (χ2v) is 6.71. The van der Waals surface area contributed by atoms with E-state index in [1.807, 2.05) is 0 Å².